The molecule has 1 unspecified atom stereocenters. The smallest absolute Gasteiger partial charge is 0.253 e. The molecule has 2 aromatic rings. The van der Waals surface area contributed by atoms with Gasteiger partial charge in [-0.25, -0.2) is 10.4 Å². The fourth-order valence-electron chi connectivity index (χ4n) is 3.77. The number of nitrogens with one attached hydrogen (secondary N) is 2. The Balaban J connectivity index is 1.52. The van der Waals surface area contributed by atoms with Crippen LogP contribution in [0.25, 0.3) is 0 Å². The van der Waals surface area contributed by atoms with Crippen molar-refractivity contribution in [3.63, 3.8) is 0 Å². The molecule has 1 saturated heterocycles. The van der Waals surface area contributed by atoms with E-state index < -0.39 is 6.10 Å². The average Bonchev–Trinajstić information content (AvgIpc) is 3.26. The van der Waals surface area contributed by atoms with E-state index in [0.29, 0.717) is 36.8 Å². The van der Waals surface area contributed by atoms with Gasteiger partial charge in [-0.15, -0.1) is 0 Å². The highest BCUT2D eigenvalue weighted by molar-refractivity contribution is 5.96. The van der Waals surface area contributed by atoms with Crippen molar-refractivity contribution in [3.05, 3.63) is 53.4 Å². The predicted molar refractivity (Wildman–Crippen MR) is 112 cm³/mol. The second kappa shape index (κ2) is 7.81. The van der Waals surface area contributed by atoms with Gasteiger partial charge in [-0.2, -0.15) is 4.98 Å². The number of nitrogens with zero attached hydrogens (tertiary/aromatic N) is 4. The maximum Gasteiger partial charge on any atom is 0.253 e. The second-order valence-electron chi connectivity index (χ2n) is 7.74. The number of benzene rings is 1. The van der Waals surface area contributed by atoms with E-state index in [2.05, 4.69) is 26.8 Å². The molecule has 29 heavy (non-hydrogen) atoms. The highest BCUT2D eigenvalue weighted by Crippen LogP contribution is 2.24. The van der Waals surface area contributed by atoms with Gasteiger partial charge >= 0.3 is 0 Å². The van der Waals surface area contributed by atoms with Crippen LogP contribution in [-0.2, 0) is 4.79 Å². The van der Waals surface area contributed by atoms with Crippen LogP contribution in [0.2, 0.25) is 0 Å². The third-order valence-corrected chi connectivity index (χ3v) is 5.13. The summed E-state index contributed by atoms with van der Waals surface area (Å²) >= 11 is 0. The first kappa shape index (κ1) is 19.4. The van der Waals surface area contributed by atoms with Gasteiger partial charge in [0, 0.05) is 37.2 Å². The van der Waals surface area contributed by atoms with Crippen molar-refractivity contribution >= 4 is 23.4 Å². The number of carbonyl (C=O) groups excluding carboxylic acids is 1. The van der Waals surface area contributed by atoms with Gasteiger partial charge < -0.3 is 15.3 Å². The Morgan fingerprint density at radius 1 is 1.28 bits per heavy atom. The zero-order valence-corrected chi connectivity index (χ0v) is 16.9. The lowest BCUT2D eigenvalue weighted by atomic mass is 10.1. The van der Waals surface area contributed by atoms with E-state index in [9.17, 15) is 9.90 Å². The molecule has 2 aliphatic heterocycles. The standard InChI is InChI=1S/C21H26N6O2/c1-13-8-14(2)10-16(9-13)23-21-22-6-4-19(24-21)27-12-18(15(3)25-27)20(29)26-7-5-17(28)11-26/h4,6,8-10,12,15,17,25,28H,5,7,11H2,1-3H3,(H,22,23,24)/t15?,17-/m1/s1. The monoisotopic (exact) mass is 394 g/mol. The number of carbonyl (C=O) groups is 1. The van der Waals surface area contributed by atoms with E-state index in [1.54, 1.807) is 28.4 Å². The van der Waals surface area contributed by atoms with E-state index in [1.807, 2.05) is 32.9 Å². The molecule has 2 atom stereocenters. The van der Waals surface area contributed by atoms with Crippen LogP contribution < -0.4 is 15.8 Å². The molecule has 2 aliphatic rings. The second-order valence-corrected chi connectivity index (χ2v) is 7.74. The highest BCUT2D eigenvalue weighted by atomic mass is 16.3. The van der Waals surface area contributed by atoms with Crippen molar-refractivity contribution in [1.82, 2.24) is 20.3 Å². The summed E-state index contributed by atoms with van der Waals surface area (Å²) in [6.45, 7) is 7.01. The first-order valence-electron chi connectivity index (χ1n) is 9.82. The third-order valence-electron chi connectivity index (χ3n) is 5.13. The van der Waals surface area contributed by atoms with Gasteiger partial charge in [-0.3, -0.25) is 9.80 Å². The maximum absolute atomic E-state index is 12.8. The van der Waals surface area contributed by atoms with Gasteiger partial charge in [0.15, 0.2) is 5.82 Å². The van der Waals surface area contributed by atoms with Crippen molar-refractivity contribution in [2.45, 2.75) is 39.3 Å². The Morgan fingerprint density at radius 3 is 2.72 bits per heavy atom. The number of rotatable bonds is 4. The molecule has 1 amide bonds. The molecule has 1 aromatic carbocycles. The van der Waals surface area contributed by atoms with Gasteiger partial charge in [0.05, 0.1) is 17.7 Å². The molecule has 1 aromatic heterocycles. The highest BCUT2D eigenvalue weighted by Gasteiger charge is 2.33. The molecule has 0 radical (unpaired) electrons. The van der Waals surface area contributed by atoms with Crippen LogP contribution in [-0.4, -0.2) is 51.1 Å². The molecular formula is C21H26N6O2. The van der Waals surface area contributed by atoms with Gasteiger partial charge in [0.25, 0.3) is 5.91 Å². The van der Waals surface area contributed by atoms with Gasteiger partial charge in [0.2, 0.25) is 5.95 Å². The predicted octanol–water partition coefficient (Wildman–Crippen LogP) is 2.03. The van der Waals surface area contributed by atoms with Gasteiger partial charge in [-0.05, 0) is 50.5 Å². The number of hydrogen-bond acceptors (Lipinski definition) is 7. The Morgan fingerprint density at radius 2 is 2.03 bits per heavy atom. The summed E-state index contributed by atoms with van der Waals surface area (Å²) in [7, 11) is 0. The number of β-amino-alcohol motifs (C(OH)–C–C–N with tert-alkyl or cyclic N) is 1. The lowest BCUT2D eigenvalue weighted by molar-refractivity contribution is -0.126. The van der Waals surface area contributed by atoms with E-state index in [1.165, 1.54) is 0 Å². The fraction of sp³-hybridized carbons (Fsp3) is 0.381. The van der Waals surface area contributed by atoms with Crippen molar-refractivity contribution in [2.75, 3.05) is 23.4 Å². The van der Waals surface area contributed by atoms with Crippen LogP contribution in [0, 0.1) is 13.8 Å². The quantitative estimate of drug-likeness (QED) is 0.730. The molecule has 8 heteroatoms. The topological polar surface area (TPSA) is 93.6 Å². The summed E-state index contributed by atoms with van der Waals surface area (Å²) in [5, 5.41) is 14.7. The number of aliphatic hydroxyl groups excluding tert-OH is 1. The number of aryl methyl sites for hydroxylation is 2. The summed E-state index contributed by atoms with van der Waals surface area (Å²) in [4.78, 5) is 23.4. The zero-order valence-electron chi connectivity index (χ0n) is 16.9. The van der Waals surface area contributed by atoms with Crippen molar-refractivity contribution < 1.29 is 9.90 Å². The van der Waals surface area contributed by atoms with Crippen LogP contribution in [0.15, 0.2) is 42.2 Å². The maximum atomic E-state index is 12.8. The van der Waals surface area contributed by atoms with E-state index in [0.717, 1.165) is 16.8 Å². The summed E-state index contributed by atoms with van der Waals surface area (Å²) in [6, 6.07) is 7.84. The first-order chi connectivity index (χ1) is 13.9. The van der Waals surface area contributed by atoms with Crippen molar-refractivity contribution in [2.24, 2.45) is 0 Å². The first-order valence-corrected chi connectivity index (χ1v) is 9.82. The number of amides is 1. The lowest BCUT2D eigenvalue weighted by Crippen LogP contribution is -2.38. The van der Waals surface area contributed by atoms with Crippen LogP contribution in [0.4, 0.5) is 17.5 Å². The molecular weight excluding hydrogens is 368 g/mol. The van der Waals surface area contributed by atoms with Crippen molar-refractivity contribution in [1.29, 1.82) is 0 Å². The average molecular weight is 394 g/mol. The minimum absolute atomic E-state index is 0.0494. The van der Waals surface area contributed by atoms with E-state index >= 15 is 0 Å². The van der Waals surface area contributed by atoms with Gasteiger partial charge in [-0.1, -0.05) is 6.07 Å². The molecule has 0 spiro atoms. The van der Waals surface area contributed by atoms with Crippen LogP contribution in [0.5, 0.6) is 0 Å². The van der Waals surface area contributed by atoms with Crippen LogP contribution in [0.3, 0.4) is 0 Å². The molecule has 0 bridgehead atoms. The van der Waals surface area contributed by atoms with Crippen LogP contribution in [0.1, 0.15) is 24.5 Å². The molecule has 1 fully saturated rings. The summed E-state index contributed by atoms with van der Waals surface area (Å²) in [5.41, 5.74) is 7.17. The molecule has 3 heterocycles. The molecule has 152 valence electrons. The van der Waals surface area contributed by atoms with Gasteiger partial charge in [0.1, 0.15) is 0 Å². The van der Waals surface area contributed by atoms with Crippen LogP contribution >= 0.6 is 0 Å². The largest absolute Gasteiger partial charge is 0.391 e. The number of aliphatic hydroxyl groups is 1. The Labute approximate surface area is 170 Å². The molecule has 4 rings (SSSR count). The molecule has 0 saturated carbocycles. The number of hydrogen-bond donors (Lipinski definition) is 3. The molecule has 8 nitrogen and oxygen atoms in total. The Hall–Kier alpha value is -2.97. The van der Waals surface area contributed by atoms with E-state index in [4.69, 9.17) is 0 Å². The SMILES string of the molecule is Cc1cc(C)cc(Nc2nccc(N3C=C(C(=O)N4CC[C@@H](O)C4)C(C)N3)n2)c1. The summed E-state index contributed by atoms with van der Waals surface area (Å²) in [6.07, 6.45) is 3.66. The third kappa shape index (κ3) is 4.23. The number of hydrazine groups is 1. The van der Waals surface area contributed by atoms with Crippen molar-refractivity contribution in [3.8, 4) is 0 Å². The summed E-state index contributed by atoms with van der Waals surface area (Å²) < 4.78 is 0. The number of anilines is 3. The summed E-state index contributed by atoms with van der Waals surface area (Å²) in [5.74, 6) is 1.08. The normalized spacial score (nSPS) is 21.4. The molecule has 3 N–H and O–H groups in total. The number of aromatic nitrogens is 2. The minimum atomic E-state index is -0.430. The Kier molecular flexibility index (Phi) is 5.21. The van der Waals surface area contributed by atoms with E-state index in [-0.39, 0.29) is 11.9 Å². The Bertz CT molecular complexity index is 940. The minimum Gasteiger partial charge on any atom is -0.391 e. The molecule has 0 aliphatic carbocycles. The number of likely N-dealkylation sites (tertiary alicyclic amines) is 1. The lowest BCUT2D eigenvalue weighted by Gasteiger charge is -2.19. The fourth-order valence-corrected chi connectivity index (χ4v) is 3.77. The zero-order chi connectivity index (χ0) is 20.5.